The van der Waals surface area contributed by atoms with Crippen molar-refractivity contribution in [2.75, 3.05) is 5.01 Å². The van der Waals surface area contributed by atoms with Crippen LogP contribution in [0.25, 0.3) is 0 Å². The number of anilines is 2. The summed E-state index contributed by atoms with van der Waals surface area (Å²) < 4.78 is 0. The van der Waals surface area contributed by atoms with E-state index >= 15 is 0 Å². The molecule has 1 aliphatic rings. The highest BCUT2D eigenvalue weighted by Crippen LogP contribution is 2.28. The molecule has 0 radical (unpaired) electrons. The summed E-state index contributed by atoms with van der Waals surface area (Å²) in [6.45, 7) is 2.37. The van der Waals surface area contributed by atoms with Crippen molar-refractivity contribution < 1.29 is 0 Å². The third-order valence-electron chi connectivity index (χ3n) is 4.44. The minimum atomic E-state index is 0.555. The number of hydrazine groups is 1. The van der Waals surface area contributed by atoms with Crippen molar-refractivity contribution in [3.05, 3.63) is 60.7 Å². The predicted molar refractivity (Wildman–Crippen MR) is 89.6 cm³/mol. The Balaban J connectivity index is 1.86. The van der Waals surface area contributed by atoms with Crippen molar-refractivity contribution >= 4 is 11.4 Å². The Morgan fingerprint density at radius 3 is 1.86 bits per heavy atom. The Kier molecular flexibility index (Phi) is 4.56. The molecule has 1 fully saturated rings. The van der Waals surface area contributed by atoms with Crippen molar-refractivity contribution in [3.63, 3.8) is 0 Å². The lowest BCUT2D eigenvalue weighted by Crippen LogP contribution is -2.46. The highest BCUT2D eigenvalue weighted by Gasteiger charge is 2.23. The van der Waals surface area contributed by atoms with Gasteiger partial charge in [0, 0.05) is 6.04 Å². The fraction of sp³-hybridized carbons (Fsp3) is 0.368. The van der Waals surface area contributed by atoms with Gasteiger partial charge in [0.15, 0.2) is 0 Å². The third kappa shape index (κ3) is 3.45. The van der Waals surface area contributed by atoms with Crippen molar-refractivity contribution in [1.82, 2.24) is 5.43 Å². The lowest BCUT2D eigenvalue weighted by atomic mass is 9.86. The maximum absolute atomic E-state index is 3.77. The first-order valence-corrected chi connectivity index (χ1v) is 8.01. The number of nitrogens with one attached hydrogen (secondary N) is 1. The molecule has 0 amide bonds. The summed E-state index contributed by atoms with van der Waals surface area (Å²) in [6, 6.07) is 21.7. The van der Waals surface area contributed by atoms with E-state index in [4.69, 9.17) is 0 Å². The molecule has 0 aliphatic heterocycles. The van der Waals surface area contributed by atoms with Crippen molar-refractivity contribution in [2.45, 2.75) is 38.6 Å². The molecule has 1 aliphatic carbocycles. The Labute approximate surface area is 127 Å². The van der Waals surface area contributed by atoms with E-state index in [2.05, 4.69) is 78.0 Å². The maximum Gasteiger partial charge on any atom is 0.0577 e. The molecular formula is C19H24N2. The molecule has 0 bridgehead atoms. The normalized spacial score (nSPS) is 22.0. The molecule has 2 nitrogen and oxygen atoms in total. The van der Waals surface area contributed by atoms with Gasteiger partial charge < -0.3 is 0 Å². The highest BCUT2D eigenvalue weighted by atomic mass is 15.5. The second-order valence-electron chi connectivity index (χ2n) is 6.00. The van der Waals surface area contributed by atoms with Crippen LogP contribution in [0.1, 0.15) is 32.6 Å². The summed E-state index contributed by atoms with van der Waals surface area (Å²) in [6.07, 6.45) is 5.29. The van der Waals surface area contributed by atoms with Crippen LogP contribution in [0.2, 0.25) is 0 Å². The first-order chi connectivity index (χ1) is 10.3. The number of benzene rings is 2. The van der Waals surface area contributed by atoms with Crippen LogP contribution in [0.5, 0.6) is 0 Å². The number of para-hydroxylation sites is 2. The van der Waals surface area contributed by atoms with Gasteiger partial charge in [0.1, 0.15) is 0 Å². The van der Waals surface area contributed by atoms with E-state index in [9.17, 15) is 0 Å². The zero-order valence-electron chi connectivity index (χ0n) is 12.7. The van der Waals surface area contributed by atoms with Gasteiger partial charge in [-0.15, -0.1) is 0 Å². The number of nitrogens with zero attached hydrogens (tertiary/aromatic N) is 1. The van der Waals surface area contributed by atoms with E-state index in [0.29, 0.717) is 6.04 Å². The van der Waals surface area contributed by atoms with Gasteiger partial charge in [0.25, 0.3) is 0 Å². The van der Waals surface area contributed by atoms with Crippen molar-refractivity contribution in [3.8, 4) is 0 Å². The molecule has 0 aromatic heterocycles. The topological polar surface area (TPSA) is 15.3 Å². The van der Waals surface area contributed by atoms with Crippen molar-refractivity contribution in [2.24, 2.45) is 5.92 Å². The van der Waals surface area contributed by atoms with Crippen LogP contribution in [0.4, 0.5) is 11.4 Å². The SMILES string of the molecule is C[C@@H]1CCCC[C@@H]1NN(c1ccccc1)c1ccccc1. The minimum Gasteiger partial charge on any atom is -0.277 e. The molecule has 110 valence electrons. The second-order valence-corrected chi connectivity index (χ2v) is 6.00. The molecular weight excluding hydrogens is 256 g/mol. The molecule has 2 aromatic carbocycles. The first kappa shape index (κ1) is 14.2. The Morgan fingerprint density at radius 1 is 0.810 bits per heavy atom. The second kappa shape index (κ2) is 6.77. The molecule has 2 aromatic rings. The molecule has 0 spiro atoms. The average molecular weight is 280 g/mol. The largest absolute Gasteiger partial charge is 0.277 e. The third-order valence-corrected chi connectivity index (χ3v) is 4.44. The maximum atomic E-state index is 3.77. The number of hydrogen-bond donors (Lipinski definition) is 1. The summed E-state index contributed by atoms with van der Waals surface area (Å²) >= 11 is 0. The molecule has 2 heteroatoms. The van der Waals surface area contributed by atoms with Gasteiger partial charge in [-0.1, -0.05) is 56.2 Å². The van der Waals surface area contributed by atoms with Gasteiger partial charge in [0.05, 0.1) is 11.4 Å². The standard InChI is InChI=1S/C19H24N2/c1-16-10-8-9-15-19(16)20-21(17-11-4-2-5-12-17)18-13-6-3-7-14-18/h2-7,11-14,16,19-20H,8-10,15H2,1H3/t16-,19+/m1/s1. The van der Waals surface area contributed by atoms with E-state index in [1.54, 1.807) is 0 Å². The van der Waals surface area contributed by atoms with Gasteiger partial charge in [-0.2, -0.15) is 0 Å². The predicted octanol–water partition coefficient (Wildman–Crippen LogP) is 4.91. The van der Waals surface area contributed by atoms with Gasteiger partial charge in [0.2, 0.25) is 0 Å². The molecule has 21 heavy (non-hydrogen) atoms. The molecule has 0 unspecified atom stereocenters. The highest BCUT2D eigenvalue weighted by molar-refractivity contribution is 5.61. The zero-order chi connectivity index (χ0) is 14.5. The fourth-order valence-electron chi connectivity index (χ4n) is 3.13. The summed E-state index contributed by atoms with van der Waals surface area (Å²) in [5.74, 6) is 0.730. The van der Waals surface area contributed by atoms with Crippen LogP contribution in [0, 0.1) is 5.92 Å². The van der Waals surface area contributed by atoms with Crippen LogP contribution in [0.3, 0.4) is 0 Å². The summed E-state index contributed by atoms with van der Waals surface area (Å²) in [7, 11) is 0. The summed E-state index contributed by atoms with van der Waals surface area (Å²) in [4.78, 5) is 0. The van der Waals surface area contributed by atoms with Crippen molar-refractivity contribution in [1.29, 1.82) is 0 Å². The molecule has 0 heterocycles. The number of hydrogen-bond acceptors (Lipinski definition) is 2. The van der Waals surface area contributed by atoms with Crippen LogP contribution in [-0.4, -0.2) is 6.04 Å². The minimum absolute atomic E-state index is 0.555. The smallest absolute Gasteiger partial charge is 0.0577 e. The van der Waals surface area contributed by atoms with Crippen LogP contribution in [-0.2, 0) is 0 Å². The lowest BCUT2D eigenvalue weighted by Gasteiger charge is -2.36. The molecule has 3 rings (SSSR count). The average Bonchev–Trinajstić information content (AvgIpc) is 2.56. The fourth-order valence-corrected chi connectivity index (χ4v) is 3.13. The van der Waals surface area contributed by atoms with E-state index < -0.39 is 0 Å². The Morgan fingerprint density at radius 2 is 1.33 bits per heavy atom. The number of rotatable bonds is 4. The van der Waals surface area contributed by atoms with E-state index in [-0.39, 0.29) is 0 Å². The summed E-state index contributed by atoms with van der Waals surface area (Å²) in [5.41, 5.74) is 6.16. The van der Waals surface area contributed by atoms with Gasteiger partial charge >= 0.3 is 0 Å². The monoisotopic (exact) mass is 280 g/mol. The van der Waals surface area contributed by atoms with E-state index in [1.807, 2.05) is 0 Å². The lowest BCUT2D eigenvalue weighted by molar-refractivity contribution is 0.282. The Hall–Kier alpha value is -1.80. The Bertz CT molecular complexity index is 499. The summed E-state index contributed by atoms with van der Waals surface area (Å²) in [5, 5.41) is 2.24. The first-order valence-electron chi connectivity index (χ1n) is 8.01. The molecule has 1 N–H and O–H groups in total. The van der Waals surface area contributed by atoms with Crippen LogP contribution < -0.4 is 10.4 Å². The zero-order valence-corrected chi connectivity index (χ0v) is 12.7. The quantitative estimate of drug-likeness (QED) is 0.801. The molecule has 2 atom stereocenters. The van der Waals surface area contributed by atoms with Crippen LogP contribution in [0.15, 0.2) is 60.7 Å². The van der Waals surface area contributed by atoms with Gasteiger partial charge in [-0.3, -0.25) is 5.01 Å². The van der Waals surface area contributed by atoms with Crippen LogP contribution >= 0.6 is 0 Å². The van der Waals surface area contributed by atoms with E-state index in [1.165, 1.54) is 37.1 Å². The van der Waals surface area contributed by atoms with Gasteiger partial charge in [-0.05, 0) is 43.0 Å². The molecule has 1 saturated carbocycles. The van der Waals surface area contributed by atoms with Gasteiger partial charge in [-0.25, -0.2) is 5.43 Å². The molecule has 0 saturated heterocycles. The van der Waals surface area contributed by atoms with E-state index in [0.717, 1.165) is 5.92 Å².